The molecular weight excluding hydrogens is 426 g/mol. The van der Waals surface area contributed by atoms with Gasteiger partial charge in [-0.15, -0.1) is 11.3 Å². The van der Waals surface area contributed by atoms with Crippen LogP contribution >= 0.6 is 22.9 Å². The van der Waals surface area contributed by atoms with Crippen molar-refractivity contribution in [1.82, 2.24) is 14.8 Å². The third kappa shape index (κ3) is 4.66. The Balaban J connectivity index is 1.67. The molecule has 164 valence electrons. The minimum absolute atomic E-state index is 0.0369. The molecule has 1 aliphatic heterocycles. The lowest BCUT2D eigenvalue weighted by atomic mass is 10.1. The van der Waals surface area contributed by atoms with Crippen LogP contribution in [0.4, 0.5) is 0 Å². The average molecular weight is 454 g/mol. The third-order valence-corrected chi connectivity index (χ3v) is 6.65. The number of nitrogens with zero attached hydrogens (tertiary/aromatic N) is 3. The summed E-state index contributed by atoms with van der Waals surface area (Å²) in [6, 6.07) is 3.87. The van der Waals surface area contributed by atoms with E-state index in [1.54, 1.807) is 21.3 Å². The standard InChI is InChI=1S/C21H28ClN3O4S/c1-13(2)19-16(23-21(22)30-19)20(26)25-10-8-24(9-11-25)12-14-6-7-15(27-3)18(29-5)17(14)28-4/h6-7,13H,8-12H2,1-5H3. The smallest absolute Gasteiger partial charge is 0.273 e. The first-order chi connectivity index (χ1) is 14.4. The Labute approximate surface area is 186 Å². The van der Waals surface area contributed by atoms with Crippen molar-refractivity contribution in [3.63, 3.8) is 0 Å². The van der Waals surface area contributed by atoms with Crippen molar-refractivity contribution in [2.45, 2.75) is 26.3 Å². The van der Waals surface area contributed by atoms with Crippen LogP contribution in [0.3, 0.4) is 0 Å². The molecule has 2 aromatic rings. The zero-order chi connectivity index (χ0) is 21.8. The van der Waals surface area contributed by atoms with Gasteiger partial charge < -0.3 is 19.1 Å². The predicted molar refractivity (Wildman–Crippen MR) is 118 cm³/mol. The molecule has 2 heterocycles. The highest BCUT2D eigenvalue weighted by atomic mass is 35.5. The lowest BCUT2D eigenvalue weighted by molar-refractivity contribution is 0.0621. The molecule has 30 heavy (non-hydrogen) atoms. The van der Waals surface area contributed by atoms with Gasteiger partial charge in [0.1, 0.15) is 5.69 Å². The molecule has 0 radical (unpaired) electrons. The third-order valence-electron chi connectivity index (χ3n) is 5.19. The van der Waals surface area contributed by atoms with Gasteiger partial charge in [0.2, 0.25) is 5.75 Å². The molecule has 0 bridgehead atoms. The molecule has 7 nitrogen and oxygen atoms in total. The highest BCUT2D eigenvalue weighted by Gasteiger charge is 2.28. The van der Waals surface area contributed by atoms with Crippen LogP contribution in [-0.2, 0) is 6.54 Å². The van der Waals surface area contributed by atoms with Gasteiger partial charge in [0, 0.05) is 43.2 Å². The lowest BCUT2D eigenvalue weighted by Gasteiger charge is -2.35. The number of amides is 1. The second-order valence-electron chi connectivity index (χ2n) is 7.40. The van der Waals surface area contributed by atoms with Crippen LogP contribution in [0, 0.1) is 0 Å². The number of ether oxygens (including phenoxy) is 3. The van der Waals surface area contributed by atoms with E-state index in [0.717, 1.165) is 23.5 Å². The van der Waals surface area contributed by atoms with Crippen LogP contribution < -0.4 is 14.2 Å². The number of hydrogen-bond donors (Lipinski definition) is 0. The number of hydrogen-bond acceptors (Lipinski definition) is 7. The molecule has 0 spiro atoms. The normalized spacial score (nSPS) is 14.8. The summed E-state index contributed by atoms with van der Waals surface area (Å²) < 4.78 is 16.8. The first-order valence-corrected chi connectivity index (χ1v) is 11.0. The molecule has 1 aliphatic rings. The van der Waals surface area contributed by atoms with Crippen LogP contribution in [0.25, 0.3) is 0 Å². The van der Waals surface area contributed by atoms with Gasteiger partial charge in [-0.1, -0.05) is 31.5 Å². The van der Waals surface area contributed by atoms with E-state index < -0.39 is 0 Å². The van der Waals surface area contributed by atoms with Crippen LogP contribution in [0.2, 0.25) is 4.47 Å². The first-order valence-electron chi connectivity index (χ1n) is 9.85. The number of carbonyl (C=O) groups excluding carboxylic acids is 1. The SMILES string of the molecule is COc1ccc(CN2CCN(C(=O)c3nc(Cl)sc3C(C)C)CC2)c(OC)c1OC. The van der Waals surface area contributed by atoms with Crippen molar-refractivity contribution in [2.24, 2.45) is 0 Å². The monoisotopic (exact) mass is 453 g/mol. The fraction of sp³-hybridized carbons (Fsp3) is 0.524. The Bertz CT molecular complexity index is 895. The fourth-order valence-corrected chi connectivity index (χ4v) is 4.75. The van der Waals surface area contributed by atoms with E-state index in [9.17, 15) is 4.79 Å². The molecular formula is C21H28ClN3O4S. The van der Waals surface area contributed by atoms with Gasteiger partial charge >= 0.3 is 0 Å². The molecule has 0 N–H and O–H groups in total. The molecule has 3 rings (SSSR count). The predicted octanol–water partition coefficient (Wildman–Crippen LogP) is 3.90. The number of methoxy groups -OCH3 is 3. The van der Waals surface area contributed by atoms with E-state index in [1.807, 2.05) is 17.0 Å². The summed E-state index contributed by atoms with van der Waals surface area (Å²) in [7, 11) is 4.83. The lowest BCUT2D eigenvalue weighted by Crippen LogP contribution is -2.48. The molecule has 1 aromatic heterocycles. The fourth-order valence-electron chi connectivity index (χ4n) is 3.64. The van der Waals surface area contributed by atoms with Gasteiger partial charge in [-0.2, -0.15) is 0 Å². The molecule has 1 amide bonds. The highest BCUT2D eigenvalue weighted by Crippen LogP contribution is 2.40. The van der Waals surface area contributed by atoms with Gasteiger partial charge in [0.05, 0.1) is 21.3 Å². The number of piperazine rings is 1. The van der Waals surface area contributed by atoms with Gasteiger partial charge in [-0.25, -0.2) is 4.98 Å². The molecule has 0 atom stereocenters. The second kappa shape index (κ2) is 9.85. The maximum absolute atomic E-state index is 13.0. The first kappa shape index (κ1) is 22.7. The summed E-state index contributed by atoms with van der Waals surface area (Å²) in [6.45, 7) is 7.61. The molecule has 0 saturated carbocycles. The van der Waals surface area contributed by atoms with Crippen LogP contribution in [-0.4, -0.2) is 68.2 Å². The quantitative estimate of drug-likeness (QED) is 0.633. The molecule has 1 saturated heterocycles. The number of halogens is 1. The second-order valence-corrected chi connectivity index (χ2v) is 9.01. The Morgan fingerprint density at radius 2 is 1.77 bits per heavy atom. The Morgan fingerprint density at radius 3 is 2.33 bits per heavy atom. The van der Waals surface area contributed by atoms with E-state index in [4.69, 9.17) is 25.8 Å². The maximum atomic E-state index is 13.0. The molecule has 1 aromatic carbocycles. The summed E-state index contributed by atoms with van der Waals surface area (Å²) in [5.74, 6) is 2.08. The average Bonchev–Trinajstić information content (AvgIpc) is 3.15. The summed E-state index contributed by atoms with van der Waals surface area (Å²) >= 11 is 7.47. The number of rotatable bonds is 7. The van der Waals surface area contributed by atoms with Crippen molar-refractivity contribution in [3.8, 4) is 17.2 Å². The summed E-state index contributed by atoms with van der Waals surface area (Å²) in [5.41, 5.74) is 1.51. The Kier molecular flexibility index (Phi) is 7.44. The highest BCUT2D eigenvalue weighted by molar-refractivity contribution is 7.16. The van der Waals surface area contributed by atoms with Crippen molar-refractivity contribution < 1.29 is 19.0 Å². The van der Waals surface area contributed by atoms with Crippen molar-refractivity contribution in [3.05, 3.63) is 32.7 Å². The van der Waals surface area contributed by atoms with Gasteiger partial charge in [0.15, 0.2) is 16.0 Å². The van der Waals surface area contributed by atoms with Gasteiger partial charge in [0.25, 0.3) is 5.91 Å². The zero-order valence-electron chi connectivity index (χ0n) is 18.0. The van der Waals surface area contributed by atoms with Crippen molar-refractivity contribution in [2.75, 3.05) is 47.5 Å². The minimum Gasteiger partial charge on any atom is -0.493 e. The topological polar surface area (TPSA) is 64.1 Å². The van der Waals surface area contributed by atoms with E-state index in [1.165, 1.54) is 11.3 Å². The van der Waals surface area contributed by atoms with Crippen LogP contribution in [0.5, 0.6) is 17.2 Å². The Morgan fingerprint density at radius 1 is 1.10 bits per heavy atom. The molecule has 0 aliphatic carbocycles. The number of aromatic nitrogens is 1. The summed E-state index contributed by atoms with van der Waals surface area (Å²) in [4.78, 5) is 22.4. The number of carbonyl (C=O) groups is 1. The largest absolute Gasteiger partial charge is 0.493 e. The van der Waals surface area contributed by atoms with E-state index in [-0.39, 0.29) is 11.8 Å². The van der Waals surface area contributed by atoms with Gasteiger partial charge in [-0.3, -0.25) is 9.69 Å². The zero-order valence-corrected chi connectivity index (χ0v) is 19.6. The van der Waals surface area contributed by atoms with Crippen LogP contribution in [0.15, 0.2) is 12.1 Å². The van der Waals surface area contributed by atoms with E-state index in [0.29, 0.717) is 47.0 Å². The van der Waals surface area contributed by atoms with Crippen molar-refractivity contribution >= 4 is 28.8 Å². The van der Waals surface area contributed by atoms with E-state index in [2.05, 4.69) is 23.7 Å². The number of benzene rings is 1. The molecule has 9 heteroatoms. The molecule has 0 unspecified atom stereocenters. The molecule has 1 fully saturated rings. The minimum atomic E-state index is -0.0369. The van der Waals surface area contributed by atoms with E-state index >= 15 is 0 Å². The summed E-state index contributed by atoms with van der Waals surface area (Å²) in [5, 5.41) is 0. The summed E-state index contributed by atoms with van der Waals surface area (Å²) in [6.07, 6.45) is 0. The Hall–Kier alpha value is -2.03. The van der Waals surface area contributed by atoms with Crippen molar-refractivity contribution in [1.29, 1.82) is 0 Å². The van der Waals surface area contributed by atoms with Crippen LogP contribution in [0.1, 0.15) is 40.7 Å². The maximum Gasteiger partial charge on any atom is 0.273 e. The number of thiazole rings is 1. The van der Waals surface area contributed by atoms with Gasteiger partial charge in [-0.05, 0) is 12.0 Å².